The number of imidazole rings is 2. The van der Waals surface area contributed by atoms with Crippen LogP contribution in [-0.4, -0.2) is 54.7 Å². The van der Waals surface area contributed by atoms with Crippen molar-refractivity contribution in [2.24, 2.45) is 21.1 Å². The highest BCUT2D eigenvalue weighted by Gasteiger charge is 2.19. The zero-order chi connectivity index (χ0) is 27.4. The van der Waals surface area contributed by atoms with Crippen molar-refractivity contribution in [1.29, 1.82) is 0 Å². The van der Waals surface area contributed by atoms with Crippen LogP contribution in [0.25, 0.3) is 32.9 Å². The van der Waals surface area contributed by atoms with Crippen molar-refractivity contribution in [3.05, 3.63) is 67.8 Å². The van der Waals surface area contributed by atoms with Gasteiger partial charge in [0, 0.05) is 32.3 Å². The van der Waals surface area contributed by atoms with Crippen LogP contribution in [0.5, 0.6) is 0 Å². The van der Waals surface area contributed by atoms with Gasteiger partial charge in [-0.05, 0) is 12.1 Å². The Morgan fingerprint density at radius 2 is 1.79 bits per heavy atom. The van der Waals surface area contributed by atoms with Gasteiger partial charge in [0.05, 0.1) is 12.7 Å². The molecule has 0 bridgehead atoms. The molecule has 0 atom stereocenters. The number of carbonyl (C=O) groups is 1. The molecule has 1 aromatic carbocycles. The van der Waals surface area contributed by atoms with E-state index >= 15 is 0 Å². The number of nitrogen functional groups attached to an aromatic ring is 1. The smallest absolute Gasteiger partial charge is 0.332 e. The van der Waals surface area contributed by atoms with E-state index in [4.69, 9.17) is 5.73 Å². The minimum Gasteiger partial charge on any atom is -0.382 e. The van der Waals surface area contributed by atoms with E-state index in [2.05, 4.69) is 40.4 Å². The van der Waals surface area contributed by atoms with Crippen molar-refractivity contribution in [3.8, 4) is 10.6 Å². The Morgan fingerprint density at radius 3 is 2.56 bits per heavy atom. The zero-order valence-electron chi connectivity index (χ0n) is 20.8. The van der Waals surface area contributed by atoms with Crippen LogP contribution in [0.15, 0.2) is 40.2 Å². The fourth-order valence-electron chi connectivity index (χ4n) is 4.15. The van der Waals surface area contributed by atoms with Crippen molar-refractivity contribution >= 4 is 51.3 Å². The molecule has 0 saturated heterocycles. The number of aryl methyl sites for hydroxylation is 2. The van der Waals surface area contributed by atoms with Crippen LogP contribution in [-0.2, 0) is 27.6 Å². The summed E-state index contributed by atoms with van der Waals surface area (Å²) in [4.78, 5) is 57.3. The van der Waals surface area contributed by atoms with E-state index in [1.54, 1.807) is 42.9 Å². The number of aromatic nitrogens is 10. The first-order chi connectivity index (χ1) is 18.7. The summed E-state index contributed by atoms with van der Waals surface area (Å²) in [7, 11) is 4.75. The van der Waals surface area contributed by atoms with E-state index in [1.807, 2.05) is 0 Å². The molecule has 0 radical (unpaired) electrons. The molecule has 5 heterocycles. The molecule has 15 nitrogen and oxygen atoms in total. The van der Waals surface area contributed by atoms with Crippen molar-refractivity contribution in [2.45, 2.75) is 6.42 Å². The molecular formula is C23H20N12O3S. The van der Waals surface area contributed by atoms with Crippen LogP contribution in [0, 0.1) is 0 Å². The first-order valence-electron chi connectivity index (χ1n) is 11.5. The summed E-state index contributed by atoms with van der Waals surface area (Å²) in [5.74, 6) is 0.394. The fourth-order valence-corrected chi connectivity index (χ4v) is 4.99. The molecule has 0 aliphatic heterocycles. The Labute approximate surface area is 222 Å². The molecule has 6 rings (SSSR count). The second-order valence-electron chi connectivity index (χ2n) is 8.71. The van der Waals surface area contributed by atoms with Crippen LogP contribution in [0.2, 0.25) is 0 Å². The molecule has 0 aliphatic carbocycles. The number of fused-ring (bicyclic) bond motifs is 2. The number of anilines is 2. The van der Waals surface area contributed by atoms with Crippen molar-refractivity contribution in [1.82, 2.24) is 48.8 Å². The van der Waals surface area contributed by atoms with E-state index in [9.17, 15) is 14.4 Å². The van der Waals surface area contributed by atoms with Crippen LogP contribution in [0.1, 0.15) is 21.2 Å². The molecular weight excluding hydrogens is 524 g/mol. The van der Waals surface area contributed by atoms with Crippen molar-refractivity contribution in [2.75, 3.05) is 11.1 Å². The summed E-state index contributed by atoms with van der Waals surface area (Å²) in [6.07, 6.45) is 1.77. The quantitative estimate of drug-likeness (QED) is 0.276. The zero-order valence-corrected chi connectivity index (χ0v) is 21.6. The van der Waals surface area contributed by atoms with Crippen LogP contribution < -0.4 is 22.3 Å². The van der Waals surface area contributed by atoms with E-state index < -0.39 is 17.2 Å². The van der Waals surface area contributed by atoms with Gasteiger partial charge in [0.1, 0.15) is 21.4 Å². The molecule has 39 heavy (non-hydrogen) atoms. The summed E-state index contributed by atoms with van der Waals surface area (Å²) < 4.78 is 4.08. The van der Waals surface area contributed by atoms with Gasteiger partial charge >= 0.3 is 5.69 Å². The first kappa shape index (κ1) is 24.1. The predicted octanol–water partition coefficient (Wildman–Crippen LogP) is 0.581. The number of H-pyrrole nitrogens is 1. The first-order valence-corrected chi connectivity index (χ1v) is 12.3. The Kier molecular flexibility index (Phi) is 5.53. The van der Waals surface area contributed by atoms with E-state index in [1.165, 1.54) is 29.3 Å². The lowest BCUT2D eigenvalue weighted by Crippen LogP contribution is -2.37. The summed E-state index contributed by atoms with van der Waals surface area (Å²) in [6, 6.07) is 6.85. The van der Waals surface area contributed by atoms with Gasteiger partial charge in [0.2, 0.25) is 5.95 Å². The summed E-state index contributed by atoms with van der Waals surface area (Å²) in [5.41, 5.74) is 7.69. The molecule has 0 aliphatic rings. The second-order valence-corrected chi connectivity index (χ2v) is 9.77. The third-order valence-corrected chi connectivity index (χ3v) is 7.24. The van der Waals surface area contributed by atoms with Gasteiger partial charge in [-0.3, -0.25) is 24.0 Å². The number of amides is 1. The van der Waals surface area contributed by atoms with E-state index in [0.717, 1.165) is 10.1 Å². The summed E-state index contributed by atoms with van der Waals surface area (Å²) in [5, 5.41) is 12.5. The number of nitrogens with two attached hydrogens (primary N) is 1. The van der Waals surface area contributed by atoms with Crippen molar-refractivity contribution in [3.63, 3.8) is 0 Å². The third-order valence-electron chi connectivity index (χ3n) is 6.27. The molecule has 5 aromatic heterocycles. The molecule has 196 valence electrons. The number of carbonyl (C=O) groups excluding carboxylic acids is 1. The summed E-state index contributed by atoms with van der Waals surface area (Å²) in [6.45, 7) is 0. The topological polar surface area (TPSA) is 197 Å². The van der Waals surface area contributed by atoms with Gasteiger partial charge in [-0.1, -0.05) is 23.5 Å². The van der Waals surface area contributed by atoms with Crippen LogP contribution >= 0.6 is 11.3 Å². The lowest BCUT2D eigenvalue weighted by molar-refractivity contribution is 0.102. The summed E-state index contributed by atoms with van der Waals surface area (Å²) >= 11 is 1.36. The fraction of sp³-hybridized carbons (Fsp3) is 0.174. The molecule has 4 N–H and O–H groups in total. The standard InChI is InChI=1S/C23H20N12O3S/c1-33-12(27-18-15(33)21(37)35(3)23(38)34(18)2)8-13-31-32-20(39-13)11-6-4-10(5-7-11)19(36)30-22-28-16(24)14-17(29-22)26-9-25-14/h4-7,9H,8H2,1-3H3,(H4,24,25,26,28,29,30,36). The monoisotopic (exact) mass is 544 g/mol. The highest BCUT2D eigenvalue weighted by atomic mass is 32.1. The number of hydrogen-bond donors (Lipinski definition) is 3. The molecule has 16 heteroatoms. The SMILES string of the molecule is Cn1c(=O)c2c(nc(Cc3nnc(-c4ccc(C(=O)Nc5nc(N)c6nc[nH]c6n5)cc4)s3)n2C)n(C)c1=O. The third kappa shape index (κ3) is 4.02. The van der Waals surface area contributed by atoms with E-state index in [0.29, 0.717) is 50.2 Å². The number of nitrogens with one attached hydrogen (secondary N) is 2. The minimum absolute atomic E-state index is 0.0620. The number of benzene rings is 1. The van der Waals surface area contributed by atoms with Gasteiger partial charge in [0.15, 0.2) is 22.6 Å². The maximum atomic E-state index is 12.7. The lowest BCUT2D eigenvalue weighted by Gasteiger charge is -2.05. The van der Waals surface area contributed by atoms with Gasteiger partial charge in [0.25, 0.3) is 11.5 Å². The average molecular weight is 545 g/mol. The molecule has 1 amide bonds. The van der Waals surface area contributed by atoms with Crippen LogP contribution in [0.4, 0.5) is 11.8 Å². The van der Waals surface area contributed by atoms with Gasteiger partial charge in [-0.2, -0.15) is 9.97 Å². The molecule has 0 saturated carbocycles. The average Bonchev–Trinajstić information content (AvgIpc) is 3.66. The number of nitrogens with zero attached hydrogens (tertiary/aromatic N) is 9. The number of hydrogen-bond acceptors (Lipinski definition) is 11. The number of rotatable bonds is 5. The van der Waals surface area contributed by atoms with Crippen LogP contribution in [0.3, 0.4) is 0 Å². The molecule has 0 unspecified atom stereocenters. The maximum absolute atomic E-state index is 12.7. The number of aromatic amines is 1. The van der Waals surface area contributed by atoms with Gasteiger partial charge in [-0.15, -0.1) is 10.2 Å². The predicted molar refractivity (Wildman–Crippen MR) is 143 cm³/mol. The molecule has 0 fully saturated rings. The normalized spacial score (nSPS) is 11.5. The van der Waals surface area contributed by atoms with E-state index in [-0.39, 0.29) is 11.8 Å². The Bertz CT molecular complexity index is 2030. The molecule has 0 spiro atoms. The highest BCUT2D eigenvalue weighted by Crippen LogP contribution is 2.26. The largest absolute Gasteiger partial charge is 0.382 e. The van der Waals surface area contributed by atoms with Crippen molar-refractivity contribution < 1.29 is 4.79 Å². The second kappa shape index (κ2) is 8.95. The van der Waals surface area contributed by atoms with Gasteiger partial charge in [-0.25, -0.2) is 14.8 Å². The Morgan fingerprint density at radius 1 is 1.03 bits per heavy atom. The Balaban J connectivity index is 1.21. The minimum atomic E-state index is -0.442. The Hall–Kier alpha value is -5.25. The lowest BCUT2D eigenvalue weighted by atomic mass is 10.1. The molecule has 6 aromatic rings. The highest BCUT2D eigenvalue weighted by molar-refractivity contribution is 7.14. The van der Waals surface area contributed by atoms with Gasteiger partial charge < -0.3 is 15.3 Å². The maximum Gasteiger partial charge on any atom is 0.332 e.